The van der Waals surface area contributed by atoms with Gasteiger partial charge in [-0.3, -0.25) is 4.79 Å². The Bertz CT molecular complexity index is 760. The molecule has 0 radical (unpaired) electrons. The SMILES string of the molecule is O=C(CNc1nnc(SCc2ccccc2)s1)c1ccccc1. The monoisotopic (exact) mass is 341 g/mol. The van der Waals surface area contributed by atoms with Crippen LogP contribution < -0.4 is 5.32 Å². The molecule has 23 heavy (non-hydrogen) atoms. The zero-order valence-corrected chi connectivity index (χ0v) is 13.9. The van der Waals surface area contributed by atoms with E-state index in [0.717, 1.165) is 10.1 Å². The molecule has 1 heterocycles. The highest BCUT2D eigenvalue weighted by atomic mass is 32.2. The van der Waals surface area contributed by atoms with E-state index >= 15 is 0 Å². The number of ketones is 1. The summed E-state index contributed by atoms with van der Waals surface area (Å²) in [5, 5.41) is 11.9. The molecule has 3 rings (SSSR count). The molecule has 3 aromatic rings. The van der Waals surface area contributed by atoms with E-state index in [4.69, 9.17) is 0 Å². The summed E-state index contributed by atoms with van der Waals surface area (Å²) >= 11 is 3.11. The largest absolute Gasteiger partial charge is 0.353 e. The molecule has 0 aliphatic rings. The predicted octanol–water partition coefficient (Wildman–Crippen LogP) is 4.13. The van der Waals surface area contributed by atoms with Gasteiger partial charge in [-0.2, -0.15) is 0 Å². The Balaban J connectivity index is 1.50. The van der Waals surface area contributed by atoms with E-state index in [2.05, 4.69) is 27.6 Å². The first-order valence-electron chi connectivity index (χ1n) is 7.13. The summed E-state index contributed by atoms with van der Waals surface area (Å²) < 4.78 is 0.892. The molecule has 0 spiro atoms. The lowest BCUT2D eigenvalue weighted by molar-refractivity contribution is 0.101. The van der Waals surface area contributed by atoms with Crippen molar-refractivity contribution in [3.8, 4) is 0 Å². The number of carbonyl (C=O) groups excluding carboxylic acids is 1. The molecule has 1 aromatic heterocycles. The maximum Gasteiger partial charge on any atom is 0.206 e. The number of hydrogen-bond acceptors (Lipinski definition) is 6. The van der Waals surface area contributed by atoms with Crippen molar-refractivity contribution in [3.63, 3.8) is 0 Å². The second kappa shape index (κ2) is 7.89. The van der Waals surface area contributed by atoms with Crippen LogP contribution in [0.4, 0.5) is 5.13 Å². The Morgan fingerprint density at radius 3 is 2.43 bits per heavy atom. The number of nitrogens with one attached hydrogen (secondary N) is 1. The van der Waals surface area contributed by atoms with Crippen LogP contribution in [0.15, 0.2) is 65.0 Å². The third-order valence-electron chi connectivity index (χ3n) is 3.11. The lowest BCUT2D eigenvalue weighted by atomic mass is 10.1. The normalized spacial score (nSPS) is 10.4. The highest BCUT2D eigenvalue weighted by Crippen LogP contribution is 2.28. The molecule has 2 aromatic carbocycles. The van der Waals surface area contributed by atoms with Gasteiger partial charge in [0.1, 0.15) is 0 Å². The van der Waals surface area contributed by atoms with Crippen molar-refractivity contribution in [2.45, 2.75) is 10.1 Å². The van der Waals surface area contributed by atoms with Gasteiger partial charge in [0, 0.05) is 11.3 Å². The minimum absolute atomic E-state index is 0.0410. The van der Waals surface area contributed by atoms with Crippen molar-refractivity contribution in [2.24, 2.45) is 0 Å². The van der Waals surface area contributed by atoms with E-state index in [9.17, 15) is 4.79 Å². The van der Waals surface area contributed by atoms with Crippen molar-refractivity contribution in [1.29, 1.82) is 0 Å². The highest BCUT2D eigenvalue weighted by Gasteiger charge is 2.08. The van der Waals surface area contributed by atoms with Crippen LogP contribution in [0.25, 0.3) is 0 Å². The first-order chi connectivity index (χ1) is 11.3. The molecular weight excluding hydrogens is 326 g/mol. The molecular formula is C17H15N3OS2. The second-order valence-electron chi connectivity index (χ2n) is 4.79. The zero-order chi connectivity index (χ0) is 15.9. The summed E-state index contributed by atoms with van der Waals surface area (Å²) in [6.07, 6.45) is 0. The molecule has 4 nitrogen and oxygen atoms in total. The van der Waals surface area contributed by atoms with Crippen LogP contribution in [0.2, 0.25) is 0 Å². The standard InChI is InChI=1S/C17H15N3OS2/c21-15(14-9-5-2-6-10-14)11-18-16-19-20-17(23-16)22-12-13-7-3-1-4-8-13/h1-10H,11-12H2,(H,18,19). The summed E-state index contributed by atoms with van der Waals surface area (Å²) in [6, 6.07) is 19.5. The molecule has 0 aliphatic carbocycles. The van der Waals surface area contributed by atoms with Crippen molar-refractivity contribution in [1.82, 2.24) is 10.2 Å². The molecule has 0 unspecified atom stereocenters. The Morgan fingerprint density at radius 2 is 1.70 bits per heavy atom. The van der Waals surface area contributed by atoms with Gasteiger partial charge in [0.15, 0.2) is 10.1 Å². The van der Waals surface area contributed by atoms with E-state index in [1.54, 1.807) is 11.8 Å². The summed E-state index contributed by atoms with van der Waals surface area (Å²) in [5.74, 6) is 0.901. The number of nitrogens with zero attached hydrogens (tertiary/aromatic N) is 2. The topological polar surface area (TPSA) is 54.9 Å². The molecule has 1 N–H and O–H groups in total. The Morgan fingerprint density at radius 1 is 1.00 bits per heavy atom. The molecule has 0 aliphatic heterocycles. The maximum absolute atomic E-state index is 12.0. The average Bonchev–Trinajstić information content (AvgIpc) is 3.07. The van der Waals surface area contributed by atoms with Crippen LogP contribution >= 0.6 is 23.1 Å². The van der Waals surface area contributed by atoms with Crippen LogP contribution in [-0.2, 0) is 5.75 Å². The van der Waals surface area contributed by atoms with E-state index in [1.165, 1.54) is 16.9 Å². The zero-order valence-electron chi connectivity index (χ0n) is 12.3. The van der Waals surface area contributed by atoms with Crippen molar-refractivity contribution in [2.75, 3.05) is 11.9 Å². The molecule has 6 heteroatoms. The Hall–Kier alpha value is -2.18. The number of benzene rings is 2. The van der Waals surface area contributed by atoms with Crippen molar-refractivity contribution < 1.29 is 4.79 Å². The third kappa shape index (κ3) is 4.64. The fraction of sp³-hybridized carbons (Fsp3) is 0.118. The minimum atomic E-state index is 0.0410. The fourth-order valence-corrected chi connectivity index (χ4v) is 3.64. The van der Waals surface area contributed by atoms with Gasteiger partial charge in [-0.25, -0.2) is 0 Å². The number of thioether (sulfide) groups is 1. The molecule has 0 amide bonds. The van der Waals surface area contributed by atoms with Crippen LogP contribution in [0.3, 0.4) is 0 Å². The van der Waals surface area contributed by atoms with Crippen molar-refractivity contribution in [3.05, 3.63) is 71.8 Å². The van der Waals surface area contributed by atoms with Gasteiger partial charge in [0.05, 0.1) is 6.54 Å². The fourth-order valence-electron chi connectivity index (χ4n) is 1.94. The number of anilines is 1. The average molecular weight is 341 g/mol. The van der Waals surface area contributed by atoms with Crippen LogP contribution in [0.5, 0.6) is 0 Å². The lowest BCUT2D eigenvalue weighted by Gasteiger charge is -2.01. The minimum Gasteiger partial charge on any atom is -0.353 e. The van der Waals surface area contributed by atoms with E-state index < -0.39 is 0 Å². The number of hydrogen-bond donors (Lipinski definition) is 1. The molecule has 0 fully saturated rings. The predicted molar refractivity (Wildman–Crippen MR) is 95.2 cm³/mol. The van der Waals surface area contributed by atoms with Gasteiger partial charge in [0.25, 0.3) is 0 Å². The van der Waals surface area contributed by atoms with Gasteiger partial charge >= 0.3 is 0 Å². The number of Topliss-reactive ketones (excluding diaryl/α,β-unsaturated/α-hetero) is 1. The van der Waals surface area contributed by atoms with E-state index in [1.807, 2.05) is 48.5 Å². The third-order valence-corrected chi connectivity index (χ3v) is 5.19. The first kappa shape index (κ1) is 15.7. The maximum atomic E-state index is 12.0. The summed E-state index contributed by atoms with van der Waals surface area (Å²) in [6.45, 7) is 0.224. The molecule has 0 saturated carbocycles. The number of aromatic nitrogens is 2. The number of rotatable bonds is 7. The quantitative estimate of drug-likeness (QED) is 0.517. The molecule has 0 atom stereocenters. The highest BCUT2D eigenvalue weighted by molar-refractivity contribution is 8.00. The van der Waals surface area contributed by atoms with Crippen LogP contribution in [0.1, 0.15) is 15.9 Å². The number of carbonyl (C=O) groups is 1. The van der Waals surface area contributed by atoms with E-state index in [-0.39, 0.29) is 12.3 Å². The van der Waals surface area contributed by atoms with E-state index in [0.29, 0.717) is 10.7 Å². The first-order valence-corrected chi connectivity index (χ1v) is 8.94. The molecule has 0 saturated heterocycles. The molecule has 116 valence electrons. The van der Waals surface area contributed by atoms with Gasteiger partial charge in [-0.1, -0.05) is 83.8 Å². The summed E-state index contributed by atoms with van der Waals surface area (Å²) in [4.78, 5) is 12.0. The van der Waals surface area contributed by atoms with Crippen LogP contribution in [-0.4, -0.2) is 22.5 Å². The van der Waals surface area contributed by atoms with Gasteiger partial charge in [-0.05, 0) is 5.56 Å². The summed E-state index contributed by atoms with van der Waals surface area (Å²) in [7, 11) is 0. The Labute approximate surface area is 143 Å². The molecule has 0 bridgehead atoms. The van der Waals surface area contributed by atoms with Gasteiger partial charge in [-0.15, -0.1) is 10.2 Å². The van der Waals surface area contributed by atoms with Gasteiger partial charge < -0.3 is 5.32 Å². The van der Waals surface area contributed by atoms with Gasteiger partial charge in [0.2, 0.25) is 5.13 Å². The Kier molecular flexibility index (Phi) is 5.39. The van der Waals surface area contributed by atoms with Crippen LogP contribution in [0, 0.1) is 0 Å². The smallest absolute Gasteiger partial charge is 0.206 e. The second-order valence-corrected chi connectivity index (χ2v) is 6.99. The van der Waals surface area contributed by atoms with Crippen molar-refractivity contribution >= 4 is 34.0 Å². The lowest BCUT2D eigenvalue weighted by Crippen LogP contribution is -2.13. The summed E-state index contributed by atoms with van der Waals surface area (Å²) in [5.41, 5.74) is 1.95.